The van der Waals surface area contributed by atoms with Gasteiger partial charge in [-0.05, 0) is 28.1 Å². The van der Waals surface area contributed by atoms with E-state index in [1.165, 1.54) is 6.92 Å². The van der Waals surface area contributed by atoms with E-state index in [2.05, 4.69) is 4.72 Å². The van der Waals surface area contributed by atoms with Crippen LogP contribution in [0.3, 0.4) is 0 Å². The van der Waals surface area contributed by atoms with Gasteiger partial charge in [-0.1, -0.05) is 0 Å². The van der Waals surface area contributed by atoms with Crippen LogP contribution in [-0.2, 0) is 24.3 Å². The zero-order valence-corrected chi connectivity index (χ0v) is 8.09. The topological polar surface area (TPSA) is 31.2 Å². The Balaban J connectivity index is 0. The smallest absolute Gasteiger partial charge is 0.0562 e. The molecule has 0 aromatic carbocycles. The van der Waals surface area contributed by atoms with Crippen LogP contribution in [0.15, 0.2) is 0 Å². The SMILES string of the molecule is CC(=O)[N-]SI.[Rh]. The first kappa shape index (κ1) is 11.0. The Morgan fingerprint density at radius 3 is 2.29 bits per heavy atom. The Morgan fingerprint density at radius 2 is 2.29 bits per heavy atom. The molecule has 0 saturated carbocycles. The standard InChI is InChI=1S/C2H4INOS.Rh/c1-2(5)4-6-3;/h1H3,(H,4,5);/p-1. The van der Waals surface area contributed by atoms with Crippen molar-refractivity contribution in [1.82, 2.24) is 0 Å². The normalized spacial score (nSPS) is 6.57. The maximum atomic E-state index is 9.85. The van der Waals surface area contributed by atoms with Gasteiger partial charge in [-0.15, -0.1) is 0 Å². The number of hydrogen-bond acceptors (Lipinski definition) is 2. The summed E-state index contributed by atoms with van der Waals surface area (Å²) in [5, 5.41) is 0. The van der Waals surface area contributed by atoms with Crippen LogP contribution in [0.5, 0.6) is 0 Å². The van der Waals surface area contributed by atoms with E-state index in [-0.39, 0.29) is 25.4 Å². The van der Waals surface area contributed by atoms with Crippen molar-refractivity contribution in [2.45, 2.75) is 6.92 Å². The summed E-state index contributed by atoms with van der Waals surface area (Å²) in [5.41, 5.74) is 0. The molecule has 0 aliphatic heterocycles. The van der Waals surface area contributed by atoms with Crippen molar-refractivity contribution in [1.29, 1.82) is 0 Å². The van der Waals surface area contributed by atoms with Gasteiger partial charge in [-0.25, -0.2) is 0 Å². The minimum atomic E-state index is -0.130. The molecule has 0 saturated heterocycles. The van der Waals surface area contributed by atoms with Gasteiger partial charge in [-0.2, -0.15) is 9.12 Å². The fourth-order valence-electron chi connectivity index (χ4n) is 0.0486. The quantitative estimate of drug-likeness (QED) is 0.420. The Morgan fingerprint density at radius 1 is 1.86 bits per heavy atom. The molecular weight excluding hydrogens is 316 g/mol. The fourth-order valence-corrected chi connectivity index (χ4v) is 0.978. The van der Waals surface area contributed by atoms with E-state index >= 15 is 0 Å². The van der Waals surface area contributed by atoms with Gasteiger partial charge in [0.15, 0.2) is 0 Å². The largest absolute Gasteiger partial charge is 0.591 e. The van der Waals surface area contributed by atoms with Crippen molar-refractivity contribution >= 4 is 36.2 Å². The average Bonchev–Trinajstić information content (AvgIpc) is 1.35. The van der Waals surface area contributed by atoms with Crippen molar-refractivity contribution < 1.29 is 24.3 Å². The molecule has 0 unspecified atom stereocenters. The minimum absolute atomic E-state index is 0. The molecular formula is C2H3INORhS-. The van der Waals surface area contributed by atoms with E-state index in [1.54, 1.807) is 0 Å². The Bertz CT molecular complexity index is 61.7. The molecule has 0 bridgehead atoms. The van der Waals surface area contributed by atoms with Gasteiger partial charge in [0.1, 0.15) is 0 Å². The summed E-state index contributed by atoms with van der Waals surface area (Å²) in [6.45, 7) is 1.42. The number of rotatable bonds is 1. The predicted molar refractivity (Wildman–Crippen MR) is 35.7 cm³/mol. The zero-order chi connectivity index (χ0) is 4.99. The Kier molecular flexibility index (Phi) is 11.3. The van der Waals surface area contributed by atoms with Crippen molar-refractivity contribution in [3.63, 3.8) is 0 Å². The Hall–Kier alpha value is 1.17. The third-order valence-electron chi connectivity index (χ3n) is 0.163. The van der Waals surface area contributed by atoms with E-state index in [1.807, 2.05) is 21.2 Å². The molecule has 0 aliphatic rings. The fraction of sp³-hybridized carbons (Fsp3) is 0.500. The maximum Gasteiger partial charge on any atom is 0.0562 e. The molecule has 0 rings (SSSR count). The van der Waals surface area contributed by atoms with Gasteiger partial charge < -0.3 is 9.52 Å². The van der Waals surface area contributed by atoms with Crippen LogP contribution in [0.1, 0.15) is 6.92 Å². The predicted octanol–water partition coefficient (Wildman–Crippen LogP) is 1.90. The molecule has 0 heterocycles. The monoisotopic (exact) mass is 319 g/mol. The van der Waals surface area contributed by atoms with E-state index in [0.29, 0.717) is 0 Å². The van der Waals surface area contributed by atoms with E-state index < -0.39 is 0 Å². The van der Waals surface area contributed by atoms with Gasteiger partial charge in [-0.3, -0.25) is 0 Å². The van der Waals surface area contributed by atoms with Gasteiger partial charge in [0, 0.05) is 19.5 Å². The molecule has 1 radical (unpaired) electrons. The van der Waals surface area contributed by atoms with Crippen molar-refractivity contribution in [2.75, 3.05) is 0 Å². The van der Waals surface area contributed by atoms with E-state index in [9.17, 15) is 4.79 Å². The number of carbonyl (C=O) groups is 1. The summed E-state index contributed by atoms with van der Waals surface area (Å²) in [6, 6.07) is 0. The summed E-state index contributed by atoms with van der Waals surface area (Å²) in [7, 11) is 1.16. The summed E-state index contributed by atoms with van der Waals surface area (Å²) < 4.78 is 3.39. The van der Waals surface area contributed by atoms with Crippen LogP contribution in [0.25, 0.3) is 4.72 Å². The van der Waals surface area contributed by atoms with Crippen molar-refractivity contribution in [3.8, 4) is 0 Å². The molecule has 0 spiro atoms. The molecule has 1 amide bonds. The average molecular weight is 319 g/mol. The summed E-state index contributed by atoms with van der Waals surface area (Å²) >= 11 is 1.93. The molecule has 0 aromatic rings. The second kappa shape index (κ2) is 7.17. The second-order valence-electron chi connectivity index (χ2n) is 0.679. The summed E-state index contributed by atoms with van der Waals surface area (Å²) in [5.74, 6) is -0.130. The molecule has 5 heteroatoms. The molecule has 0 atom stereocenters. The molecule has 0 aromatic heterocycles. The van der Waals surface area contributed by atoms with Crippen LogP contribution in [-0.4, -0.2) is 5.91 Å². The van der Waals surface area contributed by atoms with Crippen molar-refractivity contribution in [2.24, 2.45) is 0 Å². The second-order valence-corrected chi connectivity index (χ2v) is 2.18. The first-order chi connectivity index (χ1) is 2.77. The van der Waals surface area contributed by atoms with Crippen LogP contribution in [0.4, 0.5) is 0 Å². The third kappa shape index (κ3) is 11.0. The maximum absolute atomic E-state index is 9.85. The molecule has 2 nitrogen and oxygen atoms in total. The van der Waals surface area contributed by atoms with Crippen LogP contribution in [0, 0.1) is 0 Å². The van der Waals surface area contributed by atoms with Crippen LogP contribution < -0.4 is 0 Å². The van der Waals surface area contributed by atoms with Gasteiger partial charge in [0.05, 0.1) is 5.91 Å². The molecule has 0 aliphatic carbocycles. The van der Waals surface area contributed by atoms with Gasteiger partial charge in [0.25, 0.3) is 0 Å². The first-order valence-corrected chi connectivity index (χ1v) is 4.58. The van der Waals surface area contributed by atoms with Crippen LogP contribution in [0.2, 0.25) is 0 Å². The first-order valence-electron chi connectivity index (χ1n) is 1.26. The number of amides is 1. The summed E-state index contributed by atoms with van der Waals surface area (Å²) in [4.78, 5) is 9.85. The Labute approximate surface area is 71.7 Å². The molecule has 0 N–H and O–H groups in total. The third-order valence-corrected chi connectivity index (χ3v) is 1.08. The zero-order valence-electron chi connectivity index (χ0n) is 3.48. The number of carbonyl (C=O) groups excluding carboxylic acids is 1. The van der Waals surface area contributed by atoms with E-state index in [0.717, 1.165) is 9.12 Å². The van der Waals surface area contributed by atoms with Gasteiger partial charge in [0.2, 0.25) is 0 Å². The number of nitrogens with zero attached hydrogens (tertiary/aromatic N) is 1. The summed E-state index contributed by atoms with van der Waals surface area (Å²) in [6.07, 6.45) is 0. The van der Waals surface area contributed by atoms with Gasteiger partial charge >= 0.3 is 0 Å². The number of halogens is 1. The number of hydrogen-bond donors (Lipinski definition) is 0. The molecule has 0 fully saturated rings. The molecule has 45 valence electrons. The van der Waals surface area contributed by atoms with E-state index in [4.69, 9.17) is 0 Å². The van der Waals surface area contributed by atoms with Crippen LogP contribution >= 0.6 is 30.3 Å². The molecule has 7 heavy (non-hydrogen) atoms. The van der Waals surface area contributed by atoms with Crippen molar-refractivity contribution in [3.05, 3.63) is 4.72 Å². The minimum Gasteiger partial charge on any atom is -0.591 e.